The second-order valence-electron chi connectivity index (χ2n) is 4.83. The van der Waals surface area contributed by atoms with Crippen molar-refractivity contribution in [1.29, 1.82) is 0 Å². The molecule has 1 aromatic rings. The molecule has 0 aromatic carbocycles. The molecule has 1 aliphatic rings. The number of halogens is 1. The molecule has 1 aliphatic carbocycles. The zero-order valence-corrected chi connectivity index (χ0v) is 13.1. The van der Waals surface area contributed by atoms with E-state index >= 15 is 0 Å². The van der Waals surface area contributed by atoms with Crippen molar-refractivity contribution in [2.75, 3.05) is 20.1 Å². The second-order valence-corrected chi connectivity index (χ2v) is 5.97. The molecule has 0 fully saturated rings. The van der Waals surface area contributed by atoms with E-state index in [0.717, 1.165) is 24.3 Å². The minimum absolute atomic E-state index is 0. The third-order valence-electron chi connectivity index (χ3n) is 3.38. The van der Waals surface area contributed by atoms with Crippen LogP contribution in [0.5, 0.6) is 0 Å². The van der Waals surface area contributed by atoms with Crippen LogP contribution in [0.4, 0.5) is 0 Å². The topological polar surface area (TPSA) is 41.1 Å². The third kappa shape index (κ3) is 4.79. The molecule has 0 spiro atoms. The van der Waals surface area contributed by atoms with E-state index in [2.05, 4.69) is 16.7 Å². The van der Waals surface area contributed by atoms with Gasteiger partial charge in [0, 0.05) is 18.0 Å². The summed E-state index contributed by atoms with van der Waals surface area (Å²) in [6, 6.07) is 2.11. The Kier molecular flexibility index (Phi) is 7.42. The molecule has 0 saturated carbocycles. The summed E-state index contributed by atoms with van der Waals surface area (Å²) < 4.78 is 0. The minimum atomic E-state index is 0. The molecule has 1 heterocycles. The zero-order chi connectivity index (χ0) is 12.8. The lowest BCUT2D eigenvalue weighted by atomic mass is 10.00. The van der Waals surface area contributed by atoms with E-state index < -0.39 is 0 Å². The van der Waals surface area contributed by atoms with Crippen molar-refractivity contribution in [3.63, 3.8) is 0 Å². The van der Waals surface area contributed by atoms with Gasteiger partial charge in [-0.2, -0.15) is 0 Å². The van der Waals surface area contributed by atoms with Crippen LogP contribution >= 0.6 is 23.7 Å². The van der Waals surface area contributed by atoms with Gasteiger partial charge in [-0.3, -0.25) is 4.79 Å². The summed E-state index contributed by atoms with van der Waals surface area (Å²) >= 11 is 1.69. The predicted octanol–water partition coefficient (Wildman–Crippen LogP) is 2.78. The number of carbonyl (C=O) groups excluding carboxylic acids is 1. The lowest BCUT2D eigenvalue weighted by Gasteiger charge is -2.07. The van der Waals surface area contributed by atoms with E-state index in [1.54, 1.807) is 11.3 Å². The van der Waals surface area contributed by atoms with Gasteiger partial charge in [-0.1, -0.05) is 12.8 Å². The standard InChI is InChI=1S/C14H22N2OS.ClH/c1-15-8-9-16-14(17)13-10-11-6-4-2-3-5-7-12(11)18-13;/h10,15H,2-9H2,1H3,(H,16,17);1H. The highest BCUT2D eigenvalue weighted by molar-refractivity contribution is 7.14. The Morgan fingerprint density at radius 1 is 1.21 bits per heavy atom. The van der Waals surface area contributed by atoms with Crippen molar-refractivity contribution < 1.29 is 4.79 Å². The Balaban J connectivity index is 0.00000180. The largest absolute Gasteiger partial charge is 0.350 e. The maximum absolute atomic E-state index is 12.0. The van der Waals surface area contributed by atoms with E-state index in [0.29, 0.717) is 6.54 Å². The molecule has 108 valence electrons. The maximum atomic E-state index is 12.0. The van der Waals surface area contributed by atoms with Gasteiger partial charge in [0.15, 0.2) is 0 Å². The van der Waals surface area contributed by atoms with Crippen molar-refractivity contribution in [2.24, 2.45) is 0 Å². The molecule has 2 N–H and O–H groups in total. The van der Waals surface area contributed by atoms with E-state index in [4.69, 9.17) is 0 Å². The molecule has 0 bridgehead atoms. The number of hydrogen-bond donors (Lipinski definition) is 2. The molecule has 0 aliphatic heterocycles. The van der Waals surface area contributed by atoms with E-state index in [1.807, 2.05) is 7.05 Å². The van der Waals surface area contributed by atoms with Crippen LogP contribution in [-0.4, -0.2) is 26.0 Å². The number of likely N-dealkylation sites (N-methyl/N-ethyl adjacent to an activating group) is 1. The highest BCUT2D eigenvalue weighted by atomic mass is 35.5. The number of hydrogen-bond acceptors (Lipinski definition) is 3. The molecule has 1 amide bonds. The minimum Gasteiger partial charge on any atom is -0.350 e. The molecule has 2 rings (SSSR count). The summed E-state index contributed by atoms with van der Waals surface area (Å²) in [5, 5.41) is 5.98. The average molecular weight is 303 g/mol. The highest BCUT2D eigenvalue weighted by Gasteiger charge is 2.15. The van der Waals surface area contributed by atoms with Crippen LogP contribution in [-0.2, 0) is 12.8 Å². The Morgan fingerprint density at radius 3 is 2.68 bits per heavy atom. The van der Waals surface area contributed by atoms with Crippen molar-refractivity contribution in [3.05, 3.63) is 21.4 Å². The molecule has 0 atom stereocenters. The lowest BCUT2D eigenvalue weighted by molar-refractivity contribution is 0.0958. The van der Waals surface area contributed by atoms with Crippen LogP contribution < -0.4 is 10.6 Å². The number of fused-ring (bicyclic) bond motifs is 1. The van der Waals surface area contributed by atoms with Crippen molar-refractivity contribution in [1.82, 2.24) is 10.6 Å². The summed E-state index contributed by atoms with van der Waals surface area (Å²) in [4.78, 5) is 14.3. The second kappa shape index (κ2) is 8.56. The highest BCUT2D eigenvalue weighted by Crippen LogP contribution is 2.28. The monoisotopic (exact) mass is 302 g/mol. The number of rotatable bonds is 4. The lowest BCUT2D eigenvalue weighted by Crippen LogP contribution is -2.29. The van der Waals surface area contributed by atoms with Crippen LogP contribution in [0, 0.1) is 0 Å². The van der Waals surface area contributed by atoms with E-state index in [9.17, 15) is 4.79 Å². The van der Waals surface area contributed by atoms with Gasteiger partial charge >= 0.3 is 0 Å². The maximum Gasteiger partial charge on any atom is 0.261 e. The third-order valence-corrected chi connectivity index (χ3v) is 4.62. The van der Waals surface area contributed by atoms with Crippen molar-refractivity contribution in [3.8, 4) is 0 Å². The molecule has 0 unspecified atom stereocenters. The van der Waals surface area contributed by atoms with Gasteiger partial charge in [0.25, 0.3) is 5.91 Å². The Morgan fingerprint density at radius 2 is 1.95 bits per heavy atom. The quantitative estimate of drug-likeness (QED) is 0.840. The summed E-state index contributed by atoms with van der Waals surface area (Å²) in [5.74, 6) is 0.0852. The smallest absolute Gasteiger partial charge is 0.261 e. The van der Waals surface area contributed by atoms with Gasteiger partial charge in [0.2, 0.25) is 0 Å². The van der Waals surface area contributed by atoms with E-state index in [1.165, 1.54) is 36.1 Å². The fraction of sp³-hybridized carbons (Fsp3) is 0.643. The zero-order valence-electron chi connectivity index (χ0n) is 11.5. The van der Waals surface area contributed by atoms with Crippen LogP contribution in [0.25, 0.3) is 0 Å². The number of thiophene rings is 1. The van der Waals surface area contributed by atoms with Crippen LogP contribution in [0.15, 0.2) is 6.07 Å². The molecule has 0 saturated heterocycles. The Labute approximate surface area is 125 Å². The van der Waals surface area contributed by atoms with Crippen molar-refractivity contribution >= 4 is 29.7 Å². The van der Waals surface area contributed by atoms with Gasteiger partial charge in [-0.25, -0.2) is 0 Å². The molecule has 1 aromatic heterocycles. The summed E-state index contributed by atoms with van der Waals surface area (Å²) in [6.45, 7) is 1.51. The molecule has 3 nitrogen and oxygen atoms in total. The number of aryl methyl sites for hydroxylation is 2. The normalized spacial score (nSPS) is 14.8. The van der Waals surface area contributed by atoms with Gasteiger partial charge in [-0.05, 0) is 44.4 Å². The number of carbonyl (C=O) groups is 1. The first-order valence-corrected chi connectivity index (χ1v) is 7.67. The molecular weight excluding hydrogens is 280 g/mol. The SMILES string of the molecule is CNCCNC(=O)c1cc2c(s1)CCCCCC2.Cl. The van der Waals surface area contributed by atoms with E-state index in [-0.39, 0.29) is 18.3 Å². The summed E-state index contributed by atoms with van der Waals surface area (Å²) in [7, 11) is 1.89. The number of amides is 1. The Bertz CT molecular complexity index is 381. The first-order valence-electron chi connectivity index (χ1n) is 6.85. The van der Waals surface area contributed by atoms with Gasteiger partial charge in [-0.15, -0.1) is 23.7 Å². The van der Waals surface area contributed by atoms with Gasteiger partial charge in [0.1, 0.15) is 0 Å². The fourth-order valence-corrected chi connectivity index (χ4v) is 3.51. The molecule has 0 radical (unpaired) electrons. The Hall–Kier alpha value is -0.580. The summed E-state index contributed by atoms with van der Waals surface area (Å²) in [6.07, 6.45) is 7.51. The van der Waals surface area contributed by atoms with Crippen LogP contribution in [0.1, 0.15) is 45.8 Å². The fourth-order valence-electron chi connectivity index (χ4n) is 2.34. The molecule has 5 heteroatoms. The first kappa shape index (κ1) is 16.5. The van der Waals surface area contributed by atoms with Crippen LogP contribution in [0.3, 0.4) is 0 Å². The van der Waals surface area contributed by atoms with Crippen molar-refractivity contribution in [2.45, 2.75) is 38.5 Å². The van der Waals surface area contributed by atoms with Gasteiger partial charge in [0.05, 0.1) is 4.88 Å². The van der Waals surface area contributed by atoms with Gasteiger partial charge < -0.3 is 10.6 Å². The average Bonchev–Trinajstić information content (AvgIpc) is 2.72. The molecular formula is C14H23ClN2OS. The first-order chi connectivity index (χ1) is 8.81. The number of nitrogens with one attached hydrogen (secondary N) is 2. The van der Waals surface area contributed by atoms with Crippen LogP contribution in [0.2, 0.25) is 0 Å². The molecule has 19 heavy (non-hydrogen) atoms. The predicted molar refractivity (Wildman–Crippen MR) is 83.7 cm³/mol. The summed E-state index contributed by atoms with van der Waals surface area (Å²) in [5.41, 5.74) is 1.42.